The first-order chi connectivity index (χ1) is 11.4. The van der Waals surface area contributed by atoms with E-state index in [1.165, 1.54) is 4.90 Å². The van der Waals surface area contributed by atoms with Crippen LogP contribution in [0, 0.1) is 0 Å². The van der Waals surface area contributed by atoms with Crippen LogP contribution in [-0.4, -0.2) is 41.8 Å². The lowest BCUT2D eigenvalue weighted by Crippen LogP contribution is -2.56. The Labute approximate surface area is 142 Å². The SMILES string of the molecule is CC(C)(C)OC(=O)N1Cc2ccccc2N(C2CCNCC2)C1=O. The molecule has 6 heteroatoms. The third kappa shape index (κ3) is 3.38. The Bertz CT molecular complexity index is 633. The highest BCUT2D eigenvalue weighted by Gasteiger charge is 2.39. The number of carbonyl (C=O) groups is 2. The molecule has 0 spiro atoms. The maximum Gasteiger partial charge on any atom is 0.418 e. The van der Waals surface area contributed by atoms with Crippen LogP contribution in [0.5, 0.6) is 0 Å². The van der Waals surface area contributed by atoms with Gasteiger partial charge in [-0.3, -0.25) is 4.90 Å². The molecular weight excluding hydrogens is 306 g/mol. The van der Waals surface area contributed by atoms with E-state index in [1.54, 1.807) is 25.7 Å². The van der Waals surface area contributed by atoms with Gasteiger partial charge in [-0.2, -0.15) is 0 Å². The standard InChI is InChI=1S/C18H25N3O3/c1-18(2,3)24-17(23)20-12-13-6-4-5-7-15(13)21(16(20)22)14-8-10-19-11-9-14/h4-7,14,19H,8-12H2,1-3H3. The van der Waals surface area contributed by atoms with Crippen molar-refractivity contribution < 1.29 is 14.3 Å². The summed E-state index contributed by atoms with van der Waals surface area (Å²) in [6.07, 6.45) is 1.17. The van der Waals surface area contributed by atoms with E-state index in [-0.39, 0.29) is 18.6 Å². The summed E-state index contributed by atoms with van der Waals surface area (Å²) < 4.78 is 5.43. The van der Waals surface area contributed by atoms with Gasteiger partial charge in [0.1, 0.15) is 5.60 Å². The topological polar surface area (TPSA) is 61.9 Å². The Hall–Kier alpha value is -2.08. The fourth-order valence-electron chi connectivity index (χ4n) is 3.23. The molecule has 24 heavy (non-hydrogen) atoms. The van der Waals surface area contributed by atoms with E-state index in [0.717, 1.165) is 37.2 Å². The van der Waals surface area contributed by atoms with Gasteiger partial charge in [0.2, 0.25) is 0 Å². The summed E-state index contributed by atoms with van der Waals surface area (Å²) in [7, 11) is 0. The molecule has 3 rings (SSSR count). The highest BCUT2D eigenvalue weighted by molar-refractivity contribution is 6.03. The zero-order chi connectivity index (χ0) is 17.3. The number of nitrogens with one attached hydrogen (secondary N) is 1. The second-order valence-electron chi connectivity index (χ2n) is 7.33. The molecule has 0 saturated carbocycles. The van der Waals surface area contributed by atoms with Crippen molar-refractivity contribution in [3.63, 3.8) is 0 Å². The number of hydrogen-bond acceptors (Lipinski definition) is 4. The van der Waals surface area contributed by atoms with Crippen molar-refractivity contribution in [1.82, 2.24) is 10.2 Å². The van der Waals surface area contributed by atoms with Crippen molar-refractivity contribution in [2.45, 2.75) is 51.8 Å². The number of fused-ring (bicyclic) bond motifs is 1. The molecule has 1 fully saturated rings. The molecule has 0 aliphatic carbocycles. The fourth-order valence-corrected chi connectivity index (χ4v) is 3.23. The Morgan fingerprint density at radius 3 is 2.54 bits per heavy atom. The average Bonchev–Trinajstić information content (AvgIpc) is 2.53. The molecule has 130 valence electrons. The number of para-hydroxylation sites is 1. The molecule has 2 heterocycles. The maximum absolute atomic E-state index is 13.0. The van der Waals surface area contributed by atoms with Gasteiger partial charge < -0.3 is 10.1 Å². The molecule has 0 atom stereocenters. The van der Waals surface area contributed by atoms with Crippen LogP contribution in [-0.2, 0) is 11.3 Å². The molecule has 1 N–H and O–H groups in total. The summed E-state index contributed by atoms with van der Waals surface area (Å²) in [6.45, 7) is 7.42. The second kappa shape index (κ2) is 6.43. The highest BCUT2D eigenvalue weighted by Crippen LogP contribution is 2.33. The monoisotopic (exact) mass is 331 g/mol. The van der Waals surface area contributed by atoms with Crippen molar-refractivity contribution in [3.05, 3.63) is 29.8 Å². The van der Waals surface area contributed by atoms with Gasteiger partial charge in [0, 0.05) is 6.04 Å². The van der Waals surface area contributed by atoms with E-state index < -0.39 is 11.7 Å². The van der Waals surface area contributed by atoms with Crippen LogP contribution < -0.4 is 10.2 Å². The fraction of sp³-hybridized carbons (Fsp3) is 0.556. The third-order valence-corrected chi connectivity index (χ3v) is 4.30. The molecule has 2 aliphatic heterocycles. The average molecular weight is 331 g/mol. The van der Waals surface area contributed by atoms with Crippen molar-refractivity contribution >= 4 is 17.8 Å². The molecule has 0 unspecified atom stereocenters. The number of nitrogens with zero attached hydrogens (tertiary/aromatic N) is 2. The predicted molar refractivity (Wildman–Crippen MR) is 92.0 cm³/mol. The smallest absolute Gasteiger partial charge is 0.418 e. The molecule has 0 aromatic heterocycles. The number of anilines is 1. The minimum absolute atomic E-state index is 0.102. The van der Waals surface area contributed by atoms with Gasteiger partial charge in [0.25, 0.3) is 0 Å². The number of amides is 3. The predicted octanol–water partition coefficient (Wildman–Crippen LogP) is 3.12. The number of carbonyl (C=O) groups excluding carboxylic acids is 2. The lowest BCUT2D eigenvalue weighted by atomic mass is 10.0. The van der Waals surface area contributed by atoms with Crippen molar-refractivity contribution in [2.75, 3.05) is 18.0 Å². The Morgan fingerprint density at radius 2 is 1.88 bits per heavy atom. The van der Waals surface area contributed by atoms with Crippen LogP contribution in [0.15, 0.2) is 24.3 Å². The molecule has 0 radical (unpaired) electrons. The van der Waals surface area contributed by atoms with Gasteiger partial charge in [-0.1, -0.05) is 18.2 Å². The zero-order valence-corrected chi connectivity index (χ0v) is 14.5. The maximum atomic E-state index is 13.0. The van der Waals surface area contributed by atoms with Gasteiger partial charge in [0.15, 0.2) is 0 Å². The van der Waals surface area contributed by atoms with Gasteiger partial charge in [-0.25, -0.2) is 14.5 Å². The van der Waals surface area contributed by atoms with Gasteiger partial charge in [-0.15, -0.1) is 0 Å². The second-order valence-corrected chi connectivity index (χ2v) is 7.33. The van der Waals surface area contributed by atoms with E-state index in [1.807, 2.05) is 24.3 Å². The van der Waals surface area contributed by atoms with E-state index in [4.69, 9.17) is 4.74 Å². The number of benzene rings is 1. The summed E-state index contributed by atoms with van der Waals surface area (Å²) in [6, 6.07) is 7.61. The van der Waals surface area contributed by atoms with E-state index in [9.17, 15) is 9.59 Å². The van der Waals surface area contributed by atoms with E-state index >= 15 is 0 Å². The first-order valence-electron chi connectivity index (χ1n) is 8.49. The number of hydrogen-bond donors (Lipinski definition) is 1. The number of rotatable bonds is 1. The summed E-state index contributed by atoms with van der Waals surface area (Å²) in [5, 5.41) is 3.31. The third-order valence-electron chi connectivity index (χ3n) is 4.30. The quantitative estimate of drug-likeness (QED) is 0.859. The summed E-state index contributed by atoms with van der Waals surface area (Å²) in [4.78, 5) is 28.6. The van der Waals surface area contributed by atoms with E-state index in [0.29, 0.717) is 0 Å². The summed E-state index contributed by atoms with van der Waals surface area (Å²) in [5.74, 6) is 0. The molecule has 1 aromatic carbocycles. The molecule has 2 aliphatic rings. The van der Waals surface area contributed by atoms with Crippen LogP contribution in [0.25, 0.3) is 0 Å². The largest absolute Gasteiger partial charge is 0.443 e. The van der Waals surface area contributed by atoms with E-state index in [2.05, 4.69) is 5.32 Å². The van der Waals surface area contributed by atoms with Crippen molar-refractivity contribution in [1.29, 1.82) is 0 Å². The molecule has 6 nitrogen and oxygen atoms in total. The molecule has 1 aromatic rings. The molecule has 1 saturated heterocycles. The van der Waals surface area contributed by atoms with Gasteiger partial charge in [-0.05, 0) is 58.3 Å². The van der Waals surface area contributed by atoms with Crippen molar-refractivity contribution in [3.8, 4) is 0 Å². The lowest BCUT2D eigenvalue weighted by molar-refractivity contribution is 0.0306. The summed E-state index contributed by atoms with van der Waals surface area (Å²) >= 11 is 0. The van der Waals surface area contributed by atoms with Crippen LogP contribution in [0.4, 0.5) is 15.3 Å². The molecule has 0 bridgehead atoms. The Kier molecular flexibility index (Phi) is 4.49. The van der Waals surface area contributed by atoms with Crippen LogP contribution in [0.1, 0.15) is 39.2 Å². The van der Waals surface area contributed by atoms with Gasteiger partial charge >= 0.3 is 12.1 Å². The Balaban J connectivity index is 1.92. The first-order valence-corrected chi connectivity index (χ1v) is 8.49. The zero-order valence-electron chi connectivity index (χ0n) is 14.5. The van der Waals surface area contributed by atoms with Gasteiger partial charge in [0.05, 0.1) is 12.2 Å². The first kappa shape index (κ1) is 16.8. The summed E-state index contributed by atoms with van der Waals surface area (Å²) in [5.41, 5.74) is 1.25. The van der Waals surface area contributed by atoms with Crippen LogP contribution in [0.3, 0.4) is 0 Å². The lowest BCUT2D eigenvalue weighted by Gasteiger charge is -2.41. The number of piperidine rings is 1. The number of urea groups is 1. The number of ether oxygens (including phenoxy) is 1. The minimum atomic E-state index is -0.631. The molecule has 3 amide bonds. The van der Waals surface area contributed by atoms with Crippen LogP contribution in [0.2, 0.25) is 0 Å². The molecular formula is C18H25N3O3. The van der Waals surface area contributed by atoms with Crippen LogP contribution >= 0.6 is 0 Å². The number of imide groups is 1. The normalized spacial score (nSPS) is 19.2. The minimum Gasteiger partial charge on any atom is -0.443 e. The highest BCUT2D eigenvalue weighted by atomic mass is 16.6. The van der Waals surface area contributed by atoms with Crippen molar-refractivity contribution in [2.24, 2.45) is 0 Å². The Morgan fingerprint density at radius 1 is 1.21 bits per heavy atom.